The highest BCUT2D eigenvalue weighted by Crippen LogP contribution is 2.22. The van der Waals surface area contributed by atoms with Gasteiger partial charge in [-0.25, -0.2) is 9.67 Å². The Morgan fingerprint density at radius 3 is 2.66 bits per heavy atom. The molecule has 0 radical (unpaired) electrons. The molecule has 3 aromatic rings. The van der Waals surface area contributed by atoms with E-state index in [0.717, 1.165) is 30.6 Å². The van der Waals surface area contributed by atoms with E-state index in [-0.39, 0.29) is 23.6 Å². The summed E-state index contributed by atoms with van der Waals surface area (Å²) < 4.78 is 3.26. The van der Waals surface area contributed by atoms with E-state index >= 15 is 0 Å². The van der Waals surface area contributed by atoms with Crippen molar-refractivity contribution in [2.75, 3.05) is 11.1 Å². The average Bonchev–Trinajstić information content (AvgIpc) is 3.01. The van der Waals surface area contributed by atoms with Gasteiger partial charge in [-0.1, -0.05) is 31.5 Å². The van der Waals surface area contributed by atoms with Gasteiger partial charge in [-0.05, 0) is 44.0 Å². The molecule has 0 fully saturated rings. The summed E-state index contributed by atoms with van der Waals surface area (Å²) in [7, 11) is 1.79. The van der Waals surface area contributed by atoms with Crippen molar-refractivity contribution in [1.29, 1.82) is 5.26 Å². The number of rotatable bonds is 9. The van der Waals surface area contributed by atoms with Gasteiger partial charge in [0.2, 0.25) is 5.91 Å². The van der Waals surface area contributed by atoms with Crippen molar-refractivity contribution in [2.24, 2.45) is 7.05 Å². The Balaban J connectivity index is 1.67. The molecular weight excluding hydrogens is 422 g/mol. The van der Waals surface area contributed by atoms with E-state index in [0.29, 0.717) is 22.0 Å². The number of unbranched alkanes of at least 4 members (excludes halogenated alkanes) is 1. The van der Waals surface area contributed by atoms with Crippen LogP contribution in [-0.2, 0) is 18.3 Å². The predicted octanol–water partition coefficient (Wildman–Crippen LogP) is 4.21. The van der Waals surface area contributed by atoms with Crippen molar-refractivity contribution < 1.29 is 4.79 Å². The number of amides is 1. The number of carbonyl (C=O) groups excluding carboxylic acids is 1. The number of aromatic nitrogens is 3. The van der Waals surface area contributed by atoms with E-state index in [9.17, 15) is 14.9 Å². The number of pyridine rings is 1. The van der Waals surface area contributed by atoms with Crippen LogP contribution in [0.3, 0.4) is 0 Å². The molecule has 0 aliphatic carbocycles. The van der Waals surface area contributed by atoms with Crippen molar-refractivity contribution in [3.8, 4) is 11.8 Å². The van der Waals surface area contributed by atoms with E-state index < -0.39 is 0 Å². The molecule has 0 bridgehead atoms. The van der Waals surface area contributed by atoms with Gasteiger partial charge in [-0.3, -0.25) is 14.3 Å². The third kappa shape index (κ3) is 5.29. The summed E-state index contributed by atoms with van der Waals surface area (Å²) in [5, 5.41) is 12.8. The molecule has 166 valence electrons. The van der Waals surface area contributed by atoms with Gasteiger partial charge in [0.25, 0.3) is 5.56 Å². The van der Waals surface area contributed by atoms with Gasteiger partial charge < -0.3 is 5.32 Å². The first-order valence-corrected chi connectivity index (χ1v) is 11.6. The lowest BCUT2D eigenvalue weighted by atomic mass is 10.2. The molecule has 32 heavy (non-hydrogen) atoms. The smallest absolute Gasteiger partial charge is 0.295 e. The van der Waals surface area contributed by atoms with Crippen LogP contribution >= 0.6 is 11.8 Å². The lowest BCUT2D eigenvalue weighted by Gasteiger charge is -2.07. The fourth-order valence-electron chi connectivity index (χ4n) is 3.33. The summed E-state index contributed by atoms with van der Waals surface area (Å²) >= 11 is 1.39. The Hall–Kier alpha value is -3.31. The summed E-state index contributed by atoms with van der Waals surface area (Å²) in [6, 6.07) is 15.1. The topological polar surface area (TPSA) is 92.7 Å². The summed E-state index contributed by atoms with van der Waals surface area (Å²) in [6.45, 7) is 3.93. The zero-order valence-corrected chi connectivity index (χ0v) is 19.4. The zero-order chi connectivity index (χ0) is 23.1. The molecule has 0 aliphatic heterocycles. The quantitative estimate of drug-likeness (QED) is 0.494. The van der Waals surface area contributed by atoms with Crippen LogP contribution in [0.4, 0.5) is 5.69 Å². The Morgan fingerprint density at radius 2 is 1.97 bits per heavy atom. The molecule has 0 unspecified atom stereocenters. The van der Waals surface area contributed by atoms with Gasteiger partial charge in [0.1, 0.15) is 16.8 Å². The van der Waals surface area contributed by atoms with Gasteiger partial charge in [0.15, 0.2) is 0 Å². The Labute approximate surface area is 192 Å². The molecule has 0 saturated heterocycles. The molecule has 0 aliphatic rings. The normalized spacial score (nSPS) is 10.7. The lowest BCUT2D eigenvalue weighted by Crippen LogP contribution is -2.23. The number of hydrogen-bond donors (Lipinski definition) is 1. The number of benzene rings is 1. The molecule has 0 atom stereocenters. The first-order chi connectivity index (χ1) is 15.5. The number of thioether (sulfide) groups is 1. The third-order valence-electron chi connectivity index (χ3n) is 5.21. The molecule has 2 aromatic heterocycles. The maximum atomic E-state index is 12.9. The molecule has 3 rings (SSSR count). The molecule has 8 heteroatoms. The van der Waals surface area contributed by atoms with Crippen LogP contribution < -0.4 is 10.9 Å². The van der Waals surface area contributed by atoms with Gasteiger partial charge in [-0.2, -0.15) is 5.26 Å². The highest BCUT2D eigenvalue weighted by Gasteiger charge is 2.18. The third-order valence-corrected chi connectivity index (χ3v) is 6.20. The number of anilines is 1. The number of nitrogens with one attached hydrogen (secondary N) is 1. The standard InChI is InChI=1S/C24H27N5O2S/c1-4-5-9-19-13-12-18(16-25)23(26-19)32-15-14-21(30)27-22-17(2)28(3)29(24(22)31)20-10-7-6-8-11-20/h6-8,10-13H,4-5,9,14-15H2,1-3H3,(H,27,30). The van der Waals surface area contributed by atoms with Crippen LogP contribution in [0.25, 0.3) is 5.69 Å². The second-order valence-electron chi connectivity index (χ2n) is 7.45. The second-order valence-corrected chi connectivity index (χ2v) is 8.54. The summed E-state index contributed by atoms with van der Waals surface area (Å²) in [6.07, 6.45) is 3.20. The highest BCUT2D eigenvalue weighted by molar-refractivity contribution is 7.99. The average molecular weight is 450 g/mol. The van der Waals surface area contributed by atoms with Crippen molar-refractivity contribution in [3.05, 3.63) is 69.8 Å². The fraction of sp³-hybridized carbons (Fsp3) is 0.333. The Bertz CT molecular complexity index is 1190. The first-order valence-electron chi connectivity index (χ1n) is 10.6. The molecule has 0 spiro atoms. The van der Waals surface area contributed by atoms with Crippen molar-refractivity contribution >= 4 is 23.4 Å². The monoisotopic (exact) mass is 449 g/mol. The fourth-order valence-corrected chi connectivity index (χ4v) is 4.26. The van der Waals surface area contributed by atoms with E-state index in [1.54, 1.807) is 24.7 Å². The van der Waals surface area contributed by atoms with Crippen molar-refractivity contribution in [2.45, 2.75) is 44.6 Å². The van der Waals surface area contributed by atoms with E-state index in [1.165, 1.54) is 16.4 Å². The summed E-state index contributed by atoms with van der Waals surface area (Å²) in [4.78, 5) is 30.1. The molecule has 1 N–H and O–H groups in total. The van der Waals surface area contributed by atoms with E-state index in [1.807, 2.05) is 36.4 Å². The van der Waals surface area contributed by atoms with Gasteiger partial charge in [-0.15, -0.1) is 11.8 Å². The maximum absolute atomic E-state index is 12.9. The minimum absolute atomic E-state index is 0.204. The highest BCUT2D eigenvalue weighted by atomic mass is 32.2. The Morgan fingerprint density at radius 1 is 1.22 bits per heavy atom. The van der Waals surface area contributed by atoms with Crippen LogP contribution in [0.5, 0.6) is 0 Å². The van der Waals surface area contributed by atoms with E-state index in [4.69, 9.17) is 0 Å². The van der Waals surface area contributed by atoms with Crippen LogP contribution in [0.1, 0.15) is 43.1 Å². The van der Waals surface area contributed by atoms with Crippen molar-refractivity contribution in [1.82, 2.24) is 14.3 Å². The largest absolute Gasteiger partial charge is 0.320 e. The molecule has 2 heterocycles. The van der Waals surface area contributed by atoms with Crippen LogP contribution in [0.15, 0.2) is 52.3 Å². The first kappa shape index (κ1) is 23.4. The zero-order valence-electron chi connectivity index (χ0n) is 18.6. The molecule has 1 aromatic carbocycles. The number of hydrogen-bond acceptors (Lipinski definition) is 5. The van der Waals surface area contributed by atoms with Gasteiger partial charge in [0.05, 0.1) is 16.9 Å². The SMILES string of the molecule is CCCCc1ccc(C#N)c(SCCC(=O)Nc2c(C)n(C)n(-c3ccccc3)c2=O)n1. The summed E-state index contributed by atoms with van der Waals surface area (Å²) in [5.74, 6) is 0.216. The number of para-hydroxylation sites is 1. The number of aryl methyl sites for hydroxylation is 1. The van der Waals surface area contributed by atoms with Crippen LogP contribution in [0.2, 0.25) is 0 Å². The minimum Gasteiger partial charge on any atom is -0.320 e. The Kier molecular flexibility index (Phi) is 7.90. The summed E-state index contributed by atoms with van der Waals surface area (Å²) in [5.41, 5.74) is 2.90. The lowest BCUT2D eigenvalue weighted by molar-refractivity contribution is -0.115. The van der Waals surface area contributed by atoms with Gasteiger partial charge in [0, 0.05) is 24.9 Å². The van der Waals surface area contributed by atoms with Crippen molar-refractivity contribution in [3.63, 3.8) is 0 Å². The maximum Gasteiger partial charge on any atom is 0.295 e. The molecule has 0 saturated carbocycles. The molecule has 1 amide bonds. The molecular formula is C24H27N5O2S. The molecule has 7 nitrogen and oxygen atoms in total. The number of nitrogens with zero attached hydrogens (tertiary/aromatic N) is 4. The minimum atomic E-state index is -0.269. The van der Waals surface area contributed by atoms with Crippen LogP contribution in [0, 0.1) is 18.3 Å². The van der Waals surface area contributed by atoms with Gasteiger partial charge >= 0.3 is 0 Å². The second kappa shape index (κ2) is 10.8. The van der Waals surface area contributed by atoms with Crippen LogP contribution in [-0.4, -0.2) is 26.0 Å². The number of nitriles is 1. The predicted molar refractivity (Wildman–Crippen MR) is 127 cm³/mol. The van der Waals surface area contributed by atoms with E-state index in [2.05, 4.69) is 23.3 Å². The number of carbonyl (C=O) groups is 1.